The number of esters is 1. The number of methoxy groups -OCH3 is 4. The van der Waals surface area contributed by atoms with Gasteiger partial charge in [0.15, 0.2) is 0 Å². The Labute approximate surface area is 213 Å². The van der Waals surface area contributed by atoms with Crippen molar-refractivity contribution in [2.75, 3.05) is 48.1 Å². The molecule has 5 aliphatic carbocycles. The van der Waals surface area contributed by atoms with E-state index in [0.29, 0.717) is 13.2 Å². The zero-order valence-corrected chi connectivity index (χ0v) is 22.4. The van der Waals surface area contributed by atoms with Gasteiger partial charge in [0.1, 0.15) is 17.3 Å². The van der Waals surface area contributed by atoms with Gasteiger partial charge in [0.25, 0.3) is 0 Å². The van der Waals surface area contributed by atoms with Crippen LogP contribution in [-0.4, -0.2) is 111 Å². The predicted molar refractivity (Wildman–Crippen MR) is 128 cm³/mol. The van der Waals surface area contributed by atoms with Gasteiger partial charge in [-0.15, -0.1) is 0 Å². The van der Waals surface area contributed by atoms with Crippen molar-refractivity contribution in [1.82, 2.24) is 4.90 Å². The van der Waals surface area contributed by atoms with Crippen molar-refractivity contribution in [3.63, 3.8) is 0 Å². The zero-order valence-electron chi connectivity index (χ0n) is 22.4. The Hall–Kier alpha value is -0.810. The van der Waals surface area contributed by atoms with E-state index in [-0.39, 0.29) is 53.8 Å². The third-order valence-corrected chi connectivity index (χ3v) is 11.8. The van der Waals surface area contributed by atoms with E-state index in [9.17, 15) is 15.0 Å². The number of likely N-dealkylation sites (N-methyl/N-ethyl adjacent to an activating group) is 1. The van der Waals surface area contributed by atoms with Gasteiger partial charge in [-0.3, -0.25) is 9.69 Å². The maximum atomic E-state index is 13.2. The monoisotopic (exact) mass is 509 g/mol. The lowest BCUT2D eigenvalue weighted by molar-refractivity contribution is -0.320. The van der Waals surface area contributed by atoms with Gasteiger partial charge in [-0.05, 0) is 31.7 Å². The molecule has 0 radical (unpaired) electrons. The topological polar surface area (TPSA) is 107 Å². The molecule has 2 N–H and O–H groups in total. The minimum atomic E-state index is -1.71. The van der Waals surface area contributed by atoms with Crippen molar-refractivity contribution < 1.29 is 38.7 Å². The van der Waals surface area contributed by atoms with E-state index in [0.717, 1.165) is 25.8 Å². The number of carbonyl (C=O) groups excluding carboxylic acids is 1. The molecule has 1 saturated heterocycles. The quantitative estimate of drug-likeness (QED) is 0.483. The maximum Gasteiger partial charge on any atom is 0.303 e. The van der Waals surface area contributed by atoms with Gasteiger partial charge >= 0.3 is 5.97 Å². The molecular formula is C27H43NO8. The van der Waals surface area contributed by atoms with E-state index in [2.05, 4.69) is 11.8 Å². The Kier molecular flexibility index (Phi) is 5.73. The van der Waals surface area contributed by atoms with E-state index in [4.69, 9.17) is 23.7 Å². The lowest BCUT2D eigenvalue weighted by atomic mass is 9.42. The Morgan fingerprint density at radius 2 is 1.86 bits per heavy atom. The van der Waals surface area contributed by atoms with Crippen LogP contribution in [0.4, 0.5) is 0 Å². The summed E-state index contributed by atoms with van der Waals surface area (Å²) in [5, 5.41) is 26.1. The summed E-state index contributed by atoms with van der Waals surface area (Å²) in [6.07, 6.45) is 1.24. The normalized spacial score (nSPS) is 56.6. The van der Waals surface area contributed by atoms with Crippen LogP contribution < -0.4 is 0 Å². The number of hydrogen-bond donors (Lipinski definition) is 2. The van der Waals surface area contributed by atoms with Gasteiger partial charge in [-0.25, -0.2) is 0 Å². The molecule has 0 aromatic carbocycles. The van der Waals surface area contributed by atoms with Gasteiger partial charge in [-0.2, -0.15) is 0 Å². The molecule has 204 valence electrons. The number of piperidine rings is 1. The van der Waals surface area contributed by atoms with E-state index < -0.39 is 34.7 Å². The molecule has 1 spiro atoms. The molecule has 6 fully saturated rings. The van der Waals surface area contributed by atoms with Gasteiger partial charge in [0.05, 0.1) is 31.0 Å². The summed E-state index contributed by atoms with van der Waals surface area (Å²) >= 11 is 0. The number of nitrogens with zero attached hydrogens (tertiary/aromatic N) is 1. The molecule has 13 atom stereocenters. The summed E-state index contributed by atoms with van der Waals surface area (Å²) < 4.78 is 30.4. The molecular weight excluding hydrogens is 466 g/mol. The van der Waals surface area contributed by atoms with Gasteiger partial charge in [0.2, 0.25) is 0 Å². The molecule has 0 aromatic heterocycles. The molecule has 9 heteroatoms. The average molecular weight is 510 g/mol. The molecule has 0 amide bonds. The van der Waals surface area contributed by atoms with Crippen molar-refractivity contribution in [2.45, 2.75) is 81.2 Å². The van der Waals surface area contributed by atoms with Gasteiger partial charge in [0, 0.05) is 76.9 Å². The van der Waals surface area contributed by atoms with E-state index in [1.165, 1.54) is 6.92 Å². The van der Waals surface area contributed by atoms with Crippen LogP contribution in [-0.2, 0) is 28.5 Å². The van der Waals surface area contributed by atoms with Crippen molar-refractivity contribution in [2.24, 2.45) is 34.5 Å². The second-order valence-corrected chi connectivity index (χ2v) is 12.5. The minimum absolute atomic E-state index is 0.0178. The predicted octanol–water partition coefficient (Wildman–Crippen LogP) is 0.842. The molecule has 1 heterocycles. The smallest absolute Gasteiger partial charge is 0.303 e. The summed E-state index contributed by atoms with van der Waals surface area (Å²) in [5.41, 5.74) is -4.12. The highest BCUT2D eigenvalue weighted by Crippen LogP contribution is 2.80. The third-order valence-electron chi connectivity index (χ3n) is 11.8. The highest BCUT2D eigenvalue weighted by atomic mass is 16.6. The van der Waals surface area contributed by atoms with E-state index in [1.54, 1.807) is 28.4 Å². The van der Waals surface area contributed by atoms with Crippen molar-refractivity contribution in [1.29, 1.82) is 0 Å². The second-order valence-electron chi connectivity index (χ2n) is 12.5. The molecule has 36 heavy (non-hydrogen) atoms. The van der Waals surface area contributed by atoms with Crippen LogP contribution in [0, 0.1) is 34.5 Å². The van der Waals surface area contributed by atoms with Crippen molar-refractivity contribution in [3.8, 4) is 0 Å². The number of ether oxygens (including phenoxy) is 5. The first kappa shape index (κ1) is 25.5. The number of fused-ring (bicyclic) bond motifs is 2. The highest BCUT2D eigenvalue weighted by Gasteiger charge is 2.92. The van der Waals surface area contributed by atoms with Crippen LogP contribution >= 0.6 is 0 Å². The number of rotatable bonds is 7. The number of carbonyl (C=O) groups is 1. The van der Waals surface area contributed by atoms with Crippen LogP contribution in [0.25, 0.3) is 0 Å². The van der Waals surface area contributed by atoms with Crippen LogP contribution in [0.5, 0.6) is 0 Å². The average Bonchev–Trinajstić information content (AvgIpc) is 3.26. The summed E-state index contributed by atoms with van der Waals surface area (Å²) in [7, 11) is 6.86. The maximum absolute atomic E-state index is 13.2. The number of hydrogen-bond acceptors (Lipinski definition) is 9. The Morgan fingerprint density at radius 3 is 2.44 bits per heavy atom. The molecule has 6 aliphatic rings. The lowest BCUT2D eigenvalue weighted by Crippen LogP contribution is -2.82. The summed E-state index contributed by atoms with van der Waals surface area (Å²) in [5.74, 6) is -0.825. The minimum Gasteiger partial charge on any atom is -0.459 e. The summed E-state index contributed by atoms with van der Waals surface area (Å²) in [6, 6.07) is -0.419. The summed E-state index contributed by atoms with van der Waals surface area (Å²) in [4.78, 5) is 15.0. The molecule has 6 rings (SSSR count). The standard InChI is InChI=1S/C27H43NO8/c1-7-28-12-24(13-32-3)9-8-18(34-5)26-16-10-15-17(33-4)11-25(30,19(16)20(15)35-6)27(31,23(26)28)22(21(24)26)36-14(2)29/h15-23,30-31H,7-13H2,1-6H3/t15-,16?,17+,18+,19?,20+,21?,22+,23+,24+,25-,26+,27+/m1/s1. The first-order valence-electron chi connectivity index (χ1n) is 13.6. The van der Waals surface area contributed by atoms with E-state index in [1.807, 2.05) is 0 Å². The zero-order chi connectivity index (χ0) is 25.8. The SMILES string of the molecule is CCN1C[C@]2(COC)CC[C@H](OC)[C@@]34C5C[C@@H]6[C@@H](OC)C[C@@](O)(C5[C@H]6OC)[C@](O)([C@@H](OC(C)=O)C23)[C@@H]14. The highest BCUT2D eigenvalue weighted by molar-refractivity contribution is 5.67. The van der Waals surface area contributed by atoms with E-state index >= 15 is 0 Å². The fourth-order valence-electron chi connectivity index (χ4n) is 11.3. The first-order chi connectivity index (χ1) is 17.2. The molecule has 1 aliphatic heterocycles. The van der Waals surface area contributed by atoms with Gasteiger partial charge < -0.3 is 33.9 Å². The van der Waals surface area contributed by atoms with Crippen LogP contribution in [0.15, 0.2) is 0 Å². The Morgan fingerprint density at radius 1 is 1.11 bits per heavy atom. The Balaban J connectivity index is 1.69. The van der Waals surface area contributed by atoms with Crippen LogP contribution in [0.3, 0.4) is 0 Å². The van der Waals surface area contributed by atoms with Crippen molar-refractivity contribution in [3.05, 3.63) is 0 Å². The fourth-order valence-corrected chi connectivity index (χ4v) is 11.3. The number of likely N-dealkylation sites (tertiary alicyclic amines) is 1. The summed E-state index contributed by atoms with van der Waals surface area (Å²) in [6.45, 7) is 5.43. The molecule has 9 nitrogen and oxygen atoms in total. The van der Waals surface area contributed by atoms with Crippen LogP contribution in [0.1, 0.15) is 39.5 Å². The second kappa shape index (κ2) is 8.10. The molecule has 0 aromatic rings. The van der Waals surface area contributed by atoms with Crippen molar-refractivity contribution >= 4 is 5.97 Å². The molecule has 5 saturated carbocycles. The molecule has 3 unspecified atom stereocenters. The number of aliphatic hydroxyl groups is 2. The fraction of sp³-hybridized carbons (Fsp3) is 0.963. The Bertz CT molecular complexity index is 918. The lowest BCUT2D eigenvalue weighted by Gasteiger charge is -2.70. The van der Waals surface area contributed by atoms with Gasteiger partial charge in [-0.1, -0.05) is 6.92 Å². The third kappa shape index (κ3) is 2.55. The molecule has 7 bridgehead atoms. The van der Waals surface area contributed by atoms with Crippen LogP contribution in [0.2, 0.25) is 0 Å². The first-order valence-corrected chi connectivity index (χ1v) is 13.6. The largest absolute Gasteiger partial charge is 0.459 e.